The van der Waals surface area contributed by atoms with Crippen molar-refractivity contribution >= 4 is 6.03 Å². The van der Waals surface area contributed by atoms with E-state index in [4.69, 9.17) is 5.73 Å². The molecule has 0 radical (unpaired) electrons. The fourth-order valence-electron chi connectivity index (χ4n) is 1.66. The third-order valence-electron chi connectivity index (χ3n) is 2.51. The number of nitrogens with zero attached hydrogens (tertiary/aromatic N) is 1. The number of hydrogen-bond donors (Lipinski definition) is 2. The highest BCUT2D eigenvalue weighted by Gasteiger charge is 2.16. The predicted octanol–water partition coefficient (Wildman–Crippen LogP) is 1.94. The van der Waals surface area contributed by atoms with Gasteiger partial charge in [-0.05, 0) is 38.5 Å². The van der Waals surface area contributed by atoms with Gasteiger partial charge in [-0.3, -0.25) is 0 Å². The van der Waals surface area contributed by atoms with Crippen LogP contribution in [0.15, 0.2) is 24.3 Å². The first kappa shape index (κ1) is 16.1. The smallest absolute Gasteiger partial charge is 0.317 e. The minimum absolute atomic E-state index is 0.0871. The van der Waals surface area contributed by atoms with E-state index in [1.165, 1.54) is 0 Å². The zero-order chi connectivity index (χ0) is 15.2. The molecule has 1 aromatic rings. The number of hydrogen-bond acceptors (Lipinski definition) is 2. The molecule has 0 spiro atoms. The summed E-state index contributed by atoms with van der Waals surface area (Å²) >= 11 is 0. The highest BCUT2D eigenvalue weighted by molar-refractivity contribution is 5.74. The second-order valence-electron chi connectivity index (χ2n) is 5.74. The van der Waals surface area contributed by atoms with Gasteiger partial charge in [-0.25, -0.2) is 4.79 Å². The van der Waals surface area contributed by atoms with Crippen molar-refractivity contribution in [1.29, 1.82) is 0 Å². The summed E-state index contributed by atoms with van der Waals surface area (Å²) in [5.41, 5.74) is 7.08. The van der Waals surface area contributed by atoms with Crippen molar-refractivity contribution in [3.63, 3.8) is 0 Å². The number of benzene rings is 1. The molecule has 0 aromatic heterocycles. The fourth-order valence-corrected chi connectivity index (χ4v) is 1.66. The summed E-state index contributed by atoms with van der Waals surface area (Å²) < 4.78 is 0. The number of rotatable bonds is 2. The van der Waals surface area contributed by atoms with Crippen LogP contribution in [-0.2, 0) is 6.54 Å². The maximum Gasteiger partial charge on any atom is 0.317 e. The van der Waals surface area contributed by atoms with Crippen molar-refractivity contribution in [3.8, 4) is 11.8 Å². The molecule has 108 valence electrons. The molecule has 1 aromatic carbocycles. The molecule has 0 saturated carbocycles. The molecule has 4 nitrogen and oxygen atoms in total. The van der Waals surface area contributed by atoms with Gasteiger partial charge >= 0.3 is 6.03 Å². The zero-order valence-corrected chi connectivity index (χ0v) is 12.7. The van der Waals surface area contributed by atoms with E-state index in [1.807, 2.05) is 45.0 Å². The fraction of sp³-hybridized carbons (Fsp3) is 0.438. The first-order chi connectivity index (χ1) is 9.31. The number of nitrogens with one attached hydrogen (secondary N) is 1. The van der Waals surface area contributed by atoms with Crippen LogP contribution < -0.4 is 11.1 Å². The van der Waals surface area contributed by atoms with Crippen molar-refractivity contribution in [1.82, 2.24) is 10.2 Å². The predicted molar refractivity (Wildman–Crippen MR) is 82.1 cm³/mol. The molecule has 0 atom stereocenters. The van der Waals surface area contributed by atoms with Gasteiger partial charge < -0.3 is 16.0 Å². The van der Waals surface area contributed by atoms with Gasteiger partial charge in [0, 0.05) is 24.7 Å². The standard InChI is InChI=1S/C16H23N3O/c1-16(2,3)18-15(20)19(4)12-14-8-5-7-13(11-14)9-6-10-17/h5,7-8,11H,10,12,17H2,1-4H3,(H,18,20). The lowest BCUT2D eigenvalue weighted by Crippen LogP contribution is -2.46. The number of carbonyl (C=O) groups excluding carboxylic acids is 1. The third kappa shape index (κ3) is 5.77. The van der Waals surface area contributed by atoms with Crippen LogP contribution in [-0.4, -0.2) is 30.1 Å². The molecule has 0 saturated heterocycles. The van der Waals surface area contributed by atoms with E-state index in [1.54, 1.807) is 11.9 Å². The molecular weight excluding hydrogens is 250 g/mol. The van der Waals surface area contributed by atoms with Crippen molar-refractivity contribution in [2.45, 2.75) is 32.9 Å². The van der Waals surface area contributed by atoms with Gasteiger partial charge in [-0.2, -0.15) is 0 Å². The van der Waals surface area contributed by atoms with Crippen molar-refractivity contribution in [2.75, 3.05) is 13.6 Å². The quantitative estimate of drug-likeness (QED) is 0.809. The van der Waals surface area contributed by atoms with Gasteiger partial charge in [0.2, 0.25) is 0 Å². The molecule has 1 rings (SSSR count). The van der Waals surface area contributed by atoms with Gasteiger partial charge in [0.1, 0.15) is 0 Å². The molecule has 0 aliphatic carbocycles. The first-order valence-corrected chi connectivity index (χ1v) is 6.63. The lowest BCUT2D eigenvalue weighted by atomic mass is 10.1. The van der Waals surface area contributed by atoms with Crippen molar-refractivity contribution in [2.24, 2.45) is 5.73 Å². The molecule has 0 aliphatic rings. The maximum atomic E-state index is 12.0. The highest BCUT2D eigenvalue weighted by atomic mass is 16.2. The third-order valence-corrected chi connectivity index (χ3v) is 2.51. The summed E-state index contributed by atoms with van der Waals surface area (Å²) in [6, 6.07) is 7.74. The van der Waals surface area contributed by atoms with E-state index in [0.717, 1.165) is 11.1 Å². The Morgan fingerprint density at radius 1 is 1.40 bits per heavy atom. The van der Waals surface area contributed by atoms with Crippen LogP contribution in [0.3, 0.4) is 0 Å². The Morgan fingerprint density at radius 2 is 2.10 bits per heavy atom. The highest BCUT2D eigenvalue weighted by Crippen LogP contribution is 2.08. The van der Waals surface area contributed by atoms with Gasteiger partial charge in [0.05, 0.1) is 6.54 Å². The summed E-state index contributed by atoms with van der Waals surface area (Å²) in [7, 11) is 1.78. The zero-order valence-electron chi connectivity index (χ0n) is 12.7. The summed E-state index contributed by atoms with van der Waals surface area (Å²) in [5, 5.41) is 2.93. The van der Waals surface area contributed by atoms with Gasteiger partial charge in [0.15, 0.2) is 0 Å². The normalized spacial score (nSPS) is 10.4. The van der Waals surface area contributed by atoms with E-state index in [2.05, 4.69) is 17.2 Å². The maximum absolute atomic E-state index is 12.0. The molecule has 2 amide bonds. The Balaban J connectivity index is 2.70. The number of amides is 2. The van der Waals surface area contributed by atoms with Crippen molar-refractivity contribution in [3.05, 3.63) is 35.4 Å². The van der Waals surface area contributed by atoms with Crippen LogP contribution in [0, 0.1) is 11.8 Å². The van der Waals surface area contributed by atoms with Crippen LogP contribution in [0.4, 0.5) is 4.79 Å². The Morgan fingerprint density at radius 3 is 2.70 bits per heavy atom. The summed E-state index contributed by atoms with van der Waals surface area (Å²) in [6.07, 6.45) is 0. The Labute approximate surface area is 121 Å². The SMILES string of the molecule is CN(Cc1cccc(C#CCN)c1)C(=O)NC(C)(C)C. The summed E-state index contributed by atoms with van der Waals surface area (Å²) in [5.74, 6) is 5.82. The molecular formula is C16H23N3O. The van der Waals surface area contributed by atoms with Crippen LogP contribution in [0.2, 0.25) is 0 Å². The molecule has 4 heteroatoms. The summed E-state index contributed by atoms with van der Waals surface area (Å²) in [4.78, 5) is 13.6. The minimum atomic E-state index is -0.236. The van der Waals surface area contributed by atoms with E-state index in [-0.39, 0.29) is 11.6 Å². The Hall–Kier alpha value is -1.99. The van der Waals surface area contributed by atoms with Gasteiger partial charge in [-0.1, -0.05) is 24.0 Å². The van der Waals surface area contributed by atoms with E-state index in [0.29, 0.717) is 13.1 Å². The van der Waals surface area contributed by atoms with Crippen LogP contribution in [0.5, 0.6) is 0 Å². The molecule has 20 heavy (non-hydrogen) atoms. The second-order valence-corrected chi connectivity index (χ2v) is 5.74. The lowest BCUT2D eigenvalue weighted by molar-refractivity contribution is 0.197. The van der Waals surface area contributed by atoms with E-state index in [9.17, 15) is 4.79 Å². The van der Waals surface area contributed by atoms with Crippen molar-refractivity contribution < 1.29 is 4.79 Å². The minimum Gasteiger partial charge on any atom is -0.333 e. The molecule has 0 aliphatic heterocycles. The summed E-state index contributed by atoms with van der Waals surface area (Å²) in [6.45, 7) is 6.77. The van der Waals surface area contributed by atoms with Crippen LogP contribution in [0.25, 0.3) is 0 Å². The molecule has 3 N–H and O–H groups in total. The van der Waals surface area contributed by atoms with Crippen LogP contribution >= 0.6 is 0 Å². The van der Waals surface area contributed by atoms with E-state index >= 15 is 0 Å². The molecule has 0 unspecified atom stereocenters. The topological polar surface area (TPSA) is 58.4 Å². The van der Waals surface area contributed by atoms with Gasteiger partial charge in [0.25, 0.3) is 0 Å². The first-order valence-electron chi connectivity index (χ1n) is 6.63. The van der Waals surface area contributed by atoms with E-state index < -0.39 is 0 Å². The number of carbonyl (C=O) groups is 1. The molecule has 0 bridgehead atoms. The number of nitrogens with two attached hydrogens (primary N) is 1. The van der Waals surface area contributed by atoms with Gasteiger partial charge in [-0.15, -0.1) is 0 Å². The van der Waals surface area contributed by atoms with Crippen LogP contribution in [0.1, 0.15) is 31.9 Å². The second kappa shape index (κ2) is 6.97. The monoisotopic (exact) mass is 273 g/mol. The Bertz CT molecular complexity index is 521. The largest absolute Gasteiger partial charge is 0.333 e. The molecule has 0 fully saturated rings. The Kier molecular flexibility index (Phi) is 5.60. The lowest BCUT2D eigenvalue weighted by Gasteiger charge is -2.25. The average molecular weight is 273 g/mol. The number of urea groups is 1. The molecule has 0 heterocycles. The average Bonchev–Trinajstić information content (AvgIpc) is 2.34.